The van der Waals surface area contributed by atoms with Crippen molar-refractivity contribution in [2.24, 2.45) is 0 Å². The number of phenolic OH excluding ortho intramolecular Hbond substituents is 2. The number of ether oxygens (including phenoxy) is 2. The highest BCUT2D eigenvalue weighted by Crippen LogP contribution is 2.40. The van der Waals surface area contributed by atoms with Gasteiger partial charge in [0, 0.05) is 29.8 Å². The van der Waals surface area contributed by atoms with Crippen LogP contribution in [0.2, 0.25) is 0 Å². The molecule has 0 atom stereocenters. The number of para-hydroxylation sites is 1. The molecular weight excluding hydrogens is 518 g/mol. The van der Waals surface area contributed by atoms with E-state index in [1.54, 1.807) is 7.11 Å². The average Bonchev–Trinajstić information content (AvgIpc) is 2.92. The summed E-state index contributed by atoms with van der Waals surface area (Å²) in [5.74, 6) is 0.642. The summed E-state index contributed by atoms with van der Waals surface area (Å²) in [5, 5.41) is 20.2. The van der Waals surface area contributed by atoms with Gasteiger partial charge < -0.3 is 24.1 Å². The molecule has 1 heterocycles. The molecule has 0 fully saturated rings. The first-order valence-electron chi connectivity index (χ1n) is 13.0. The first kappa shape index (κ1) is 29.9. The lowest BCUT2D eigenvalue weighted by molar-refractivity contribution is 0.268. The zero-order chi connectivity index (χ0) is 27.1. The van der Waals surface area contributed by atoms with Crippen molar-refractivity contribution in [3.05, 3.63) is 82.0 Å². The lowest BCUT2D eigenvalue weighted by atomic mass is 10.0. The van der Waals surface area contributed by atoms with E-state index in [4.69, 9.17) is 13.9 Å². The third-order valence-electron chi connectivity index (χ3n) is 6.83. The molecule has 4 rings (SSSR count). The average molecular weight is 554 g/mol. The van der Waals surface area contributed by atoms with E-state index in [1.807, 2.05) is 36.4 Å². The Balaban J connectivity index is 0.00000420. The standard InChI is InChI=1S/C31H35NO6.ClH/c1-4-32(20-23-11-7-8-12-27(23)36-2)17-9-5-6-10-21-13-15-22(16-14-21)28-19-25(34)29-24(33)18-26(35)30(37-3)31(29)38-28;/h7-8,11-16,18-19,33,35H,4-6,9-10,17,20H2,1-3H3;1H. The van der Waals surface area contributed by atoms with Crippen LogP contribution in [0.15, 0.2) is 69.9 Å². The molecule has 39 heavy (non-hydrogen) atoms. The van der Waals surface area contributed by atoms with Crippen LogP contribution >= 0.6 is 12.4 Å². The molecule has 0 spiro atoms. The Hall–Kier alpha value is -3.68. The zero-order valence-corrected chi connectivity index (χ0v) is 23.4. The first-order chi connectivity index (χ1) is 18.4. The molecule has 0 aliphatic carbocycles. The molecule has 1 aromatic heterocycles. The van der Waals surface area contributed by atoms with Crippen LogP contribution in [0.5, 0.6) is 23.0 Å². The predicted molar refractivity (Wildman–Crippen MR) is 157 cm³/mol. The Labute approximate surface area is 235 Å². The molecule has 4 aromatic rings. The minimum Gasteiger partial charge on any atom is -0.507 e. The largest absolute Gasteiger partial charge is 0.507 e. The van der Waals surface area contributed by atoms with Gasteiger partial charge >= 0.3 is 0 Å². The highest BCUT2D eigenvalue weighted by Gasteiger charge is 2.19. The Morgan fingerprint density at radius 3 is 2.33 bits per heavy atom. The van der Waals surface area contributed by atoms with Crippen LogP contribution in [0.4, 0.5) is 0 Å². The third-order valence-corrected chi connectivity index (χ3v) is 6.83. The van der Waals surface area contributed by atoms with E-state index >= 15 is 0 Å². The number of hydrogen-bond acceptors (Lipinski definition) is 7. The lowest BCUT2D eigenvalue weighted by Gasteiger charge is -2.21. The van der Waals surface area contributed by atoms with E-state index in [-0.39, 0.29) is 40.6 Å². The molecular formula is C31H36ClNO6. The number of rotatable bonds is 12. The van der Waals surface area contributed by atoms with Crippen LogP contribution < -0.4 is 14.9 Å². The van der Waals surface area contributed by atoms with Crippen LogP contribution in [0, 0.1) is 0 Å². The molecule has 0 amide bonds. The molecule has 0 unspecified atom stereocenters. The fourth-order valence-electron chi connectivity index (χ4n) is 4.72. The van der Waals surface area contributed by atoms with Crippen LogP contribution in [0.1, 0.15) is 37.3 Å². The number of unbranched alkanes of at least 4 members (excludes halogenated alkanes) is 2. The fourth-order valence-corrected chi connectivity index (χ4v) is 4.72. The van der Waals surface area contributed by atoms with Crippen molar-refractivity contribution in [2.75, 3.05) is 27.3 Å². The minimum atomic E-state index is -0.409. The molecule has 0 radical (unpaired) electrons. The number of halogens is 1. The van der Waals surface area contributed by atoms with Gasteiger partial charge in [0.15, 0.2) is 16.8 Å². The molecule has 8 heteroatoms. The summed E-state index contributed by atoms with van der Waals surface area (Å²) in [4.78, 5) is 15.1. The van der Waals surface area contributed by atoms with Crippen molar-refractivity contribution in [1.29, 1.82) is 0 Å². The summed E-state index contributed by atoms with van der Waals surface area (Å²) in [7, 11) is 3.08. The number of methoxy groups -OCH3 is 2. The van der Waals surface area contributed by atoms with E-state index < -0.39 is 5.43 Å². The van der Waals surface area contributed by atoms with Crippen LogP contribution in [-0.4, -0.2) is 42.4 Å². The van der Waals surface area contributed by atoms with Gasteiger partial charge in [-0.1, -0.05) is 55.8 Å². The molecule has 7 nitrogen and oxygen atoms in total. The summed E-state index contributed by atoms with van der Waals surface area (Å²) >= 11 is 0. The summed E-state index contributed by atoms with van der Waals surface area (Å²) < 4.78 is 16.6. The van der Waals surface area contributed by atoms with E-state index in [1.165, 1.54) is 24.3 Å². The number of aryl methyl sites for hydroxylation is 1. The zero-order valence-electron chi connectivity index (χ0n) is 22.6. The highest BCUT2D eigenvalue weighted by molar-refractivity contribution is 5.91. The van der Waals surface area contributed by atoms with Gasteiger partial charge in [-0.15, -0.1) is 12.4 Å². The lowest BCUT2D eigenvalue weighted by Crippen LogP contribution is -2.24. The second-order valence-electron chi connectivity index (χ2n) is 9.32. The monoisotopic (exact) mass is 553 g/mol. The summed E-state index contributed by atoms with van der Waals surface area (Å²) in [6, 6.07) is 18.5. The van der Waals surface area contributed by atoms with Gasteiger partial charge in [0.1, 0.15) is 22.6 Å². The van der Waals surface area contributed by atoms with Crippen LogP contribution in [0.3, 0.4) is 0 Å². The molecule has 2 N–H and O–H groups in total. The Kier molecular flexibility index (Phi) is 10.7. The Morgan fingerprint density at radius 2 is 1.64 bits per heavy atom. The number of fused-ring (bicyclic) bond motifs is 1. The quantitative estimate of drug-likeness (QED) is 0.192. The molecule has 0 saturated heterocycles. The number of benzene rings is 3. The number of phenols is 2. The van der Waals surface area contributed by atoms with Gasteiger partial charge in [-0.2, -0.15) is 0 Å². The SMILES string of the molecule is CCN(CCCCCc1ccc(-c2cc(=O)c3c(O)cc(O)c(OC)c3o2)cc1)Cc1ccccc1OC.Cl. The Bertz CT molecular complexity index is 1430. The fraction of sp³-hybridized carbons (Fsp3) is 0.323. The third kappa shape index (κ3) is 7.05. The van der Waals surface area contributed by atoms with Gasteiger partial charge in [-0.05, 0) is 44.0 Å². The van der Waals surface area contributed by atoms with Gasteiger partial charge in [-0.25, -0.2) is 0 Å². The second-order valence-corrected chi connectivity index (χ2v) is 9.32. The molecule has 0 bridgehead atoms. The topological polar surface area (TPSA) is 92.4 Å². The van der Waals surface area contributed by atoms with Crippen molar-refractivity contribution in [2.45, 2.75) is 39.2 Å². The van der Waals surface area contributed by atoms with Crippen molar-refractivity contribution >= 4 is 23.4 Å². The van der Waals surface area contributed by atoms with Crippen molar-refractivity contribution < 1.29 is 24.1 Å². The van der Waals surface area contributed by atoms with Gasteiger partial charge in [-0.3, -0.25) is 9.69 Å². The molecule has 208 valence electrons. The van der Waals surface area contributed by atoms with Gasteiger partial charge in [0.05, 0.1) is 14.2 Å². The maximum Gasteiger partial charge on any atom is 0.204 e. The summed E-state index contributed by atoms with van der Waals surface area (Å²) in [5.41, 5.74) is 2.77. The number of hydrogen-bond donors (Lipinski definition) is 2. The molecule has 0 aliphatic heterocycles. The molecule has 0 saturated carbocycles. The normalized spacial score (nSPS) is 11.0. The number of aromatic hydroxyl groups is 2. The summed E-state index contributed by atoms with van der Waals surface area (Å²) in [6.07, 6.45) is 4.32. The summed E-state index contributed by atoms with van der Waals surface area (Å²) in [6.45, 7) is 5.12. The smallest absolute Gasteiger partial charge is 0.204 e. The van der Waals surface area contributed by atoms with Crippen molar-refractivity contribution in [3.8, 4) is 34.3 Å². The predicted octanol–water partition coefficient (Wildman–Crippen LogP) is 6.55. The van der Waals surface area contributed by atoms with Crippen LogP contribution in [-0.2, 0) is 13.0 Å². The first-order valence-corrected chi connectivity index (χ1v) is 13.0. The maximum atomic E-state index is 12.7. The number of nitrogens with zero attached hydrogens (tertiary/aromatic N) is 1. The van der Waals surface area contributed by atoms with Crippen molar-refractivity contribution in [3.63, 3.8) is 0 Å². The Morgan fingerprint density at radius 1 is 0.897 bits per heavy atom. The van der Waals surface area contributed by atoms with Gasteiger partial charge in [0.25, 0.3) is 0 Å². The van der Waals surface area contributed by atoms with Crippen molar-refractivity contribution in [1.82, 2.24) is 4.90 Å². The van der Waals surface area contributed by atoms with E-state index in [2.05, 4.69) is 24.0 Å². The maximum absolute atomic E-state index is 12.7. The van der Waals surface area contributed by atoms with E-state index in [9.17, 15) is 15.0 Å². The molecule has 0 aliphatic rings. The van der Waals surface area contributed by atoms with Crippen LogP contribution in [0.25, 0.3) is 22.3 Å². The van der Waals surface area contributed by atoms with E-state index in [0.717, 1.165) is 62.7 Å². The van der Waals surface area contributed by atoms with Gasteiger partial charge in [0.2, 0.25) is 5.75 Å². The minimum absolute atomic E-state index is 0. The molecule has 3 aromatic carbocycles. The highest BCUT2D eigenvalue weighted by atomic mass is 35.5. The second kappa shape index (κ2) is 13.9. The van der Waals surface area contributed by atoms with E-state index in [0.29, 0.717) is 5.76 Å².